The molecule has 0 radical (unpaired) electrons. The number of halogens is 1. The van der Waals surface area contributed by atoms with E-state index in [0.29, 0.717) is 25.6 Å². The molecule has 1 aromatic carbocycles. The molecule has 0 aliphatic carbocycles. The summed E-state index contributed by atoms with van der Waals surface area (Å²) in [6.45, 7) is 3.08. The average molecular weight is 329 g/mol. The number of amides is 1. The molecule has 1 aromatic rings. The van der Waals surface area contributed by atoms with Gasteiger partial charge in [0.2, 0.25) is 5.91 Å². The lowest BCUT2D eigenvalue weighted by Gasteiger charge is -2.21. The Morgan fingerprint density at radius 1 is 1.32 bits per heavy atom. The first-order chi connectivity index (χ1) is 10.3. The van der Waals surface area contributed by atoms with E-state index in [1.807, 2.05) is 24.3 Å². The van der Waals surface area contributed by atoms with E-state index in [1.54, 1.807) is 7.11 Å². The molecule has 22 heavy (non-hydrogen) atoms. The standard InChI is InChI=1S/C16H24N2O3.ClH/c1-20-9-10-21-15-4-2-3-14(12-15)18-16(19)11-13-5-7-17-8-6-13;/h2-4,12-13,17H,5-11H2,1H3,(H,18,19);1H. The van der Waals surface area contributed by atoms with Gasteiger partial charge in [0.05, 0.1) is 6.61 Å². The van der Waals surface area contributed by atoms with Gasteiger partial charge in [-0.1, -0.05) is 6.07 Å². The maximum absolute atomic E-state index is 12.1. The van der Waals surface area contributed by atoms with Crippen LogP contribution in [0.1, 0.15) is 19.3 Å². The van der Waals surface area contributed by atoms with Gasteiger partial charge in [-0.25, -0.2) is 0 Å². The van der Waals surface area contributed by atoms with E-state index in [2.05, 4.69) is 10.6 Å². The topological polar surface area (TPSA) is 59.6 Å². The Kier molecular flexibility index (Phi) is 8.89. The smallest absolute Gasteiger partial charge is 0.224 e. The first-order valence-corrected chi connectivity index (χ1v) is 7.50. The van der Waals surface area contributed by atoms with E-state index in [9.17, 15) is 4.79 Å². The Morgan fingerprint density at radius 3 is 2.82 bits per heavy atom. The molecule has 124 valence electrons. The highest BCUT2D eigenvalue weighted by Crippen LogP contribution is 2.20. The number of rotatable bonds is 7. The van der Waals surface area contributed by atoms with Crippen LogP contribution in [0.25, 0.3) is 0 Å². The van der Waals surface area contributed by atoms with Gasteiger partial charge in [-0.3, -0.25) is 4.79 Å². The summed E-state index contributed by atoms with van der Waals surface area (Å²) in [6.07, 6.45) is 2.75. The minimum atomic E-state index is 0. The molecule has 2 rings (SSSR count). The van der Waals surface area contributed by atoms with Gasteiger partial charge >= 0.3 is 0 Å². The zero-order valence-corrected chi connectivity index (χ0v) is 13.8. The maximum atomic E-state index is 12.1. The largest absolute Gasteiger partial charge is 0.491 e. The first-order valence-electron chi connectivity index (χ1n) is 7.50. The van der Waals surface area contributed by atoms with Crippen molar-refractivity contribution in [1.82, 2.24) is 5.32 Å². The highest BCUT2D eigenvalue weighted by Gasteiger charge is 2.16. The molecule has 0 unspecified atom stereocenters. The number of methoxy groups -OCH3 is 1. The van der Waals surface area contributed by atoms with Crippen molar-refractivity contribution in [1.29, 1.82) is 0 Å². The lowest BCUT2D eigenvalue weighted by Crippen LogP contribution is -2.30. The quantitative estimate of drug-likeness (QED) is 0.755. The van der Waals surface area contributed by atoms with E-state index in [0.717, 1.165) is 37.4 Å². The van der Waals surface area contributed by atoms with Gasteiger partial charge < -0.3 is 20.1 Å². The van der Waals surface area contributed by atoms with Crippen molar-refractivity contribution < 1.29 is 14.3 Å². The molecule has 0 aromatic heterocycles. The fourth-order valence-corrected chi connectivity index (χ4v) is 2.47. The van der Waals surface area contributed by atoms with Crippen LogP contribution < -0.4 is 15.4 Å². The summed E-state index contributed by atoms with van der Waals surface area (Å²) in [6, 6.07) is 7.47. The number of ether oxygens (including phenoxy) is 2. The normalized spacial score (nSPS) is 15.0. The van der Waals surface area contributed by atoms with Gasteiger partial charge in [0.15, 0.2) is 0 Å². The van der Waals surface area contributed by atoms with Crippen molar-refractivity contribution in [3.8, 4) is 5.75 Å². The third-order valence-corrected chi connectivity index (χ3v) is 3.61. The summed E-state index contributed by atoms with van der Waals surface area (Å²) in [7, 11) is 1.64. The van der Waals surface area contributed by atoms with Crippen molar-refractivity contribution in [2.45, 2.75) is 19.3 Å². The van der Waals surface area contributed by atoms with Crippen molar-refractivity contribution in [3.63, 3.8) is 0 Å². The second kappa shape index (κ2) is 10.4. The lowest BCUT2D eigenvalue weighted by molar-refractivity contribution is -0.117. The SMILES string of the molecule is COCCOc1cccc(NC(=O)CC2CCNCC2)c1.Cl. The Labute approximate surface area is 138 Å². The molecular weight excluding hydrogens is 304 g/mol. The van der Waals surface area contributed by atoms with E-state index < -0.39 is 0 Å². The molecule has 2 N–H and O–H groups in total. The van der Waals surface area contributed by atoms with E-state index >= 15 is 0 Å². The summed E-state index contributed by atoms with van der Waals surface area (Å²) in [5, 5.41) is 6.26. The van der Waals surface area contributed by atoms with Crippen LogP contribution in [-0.4, -0.2) is 39.3 Å². The van der Waals surface area contributed by atoms with Crippen LogP contribution in [0.2, 0.25) is 0 Å². The Bertz CT molecular complexity index is 451. The first kappa shape index (κ1) is 18.7. The van der Waals surface area contributed by atoms with Crippen LogP contribution in [0.5, 0.6) is 5.75 Å². The van der Waals surface area contributed by atoms with Crippen LogP contribution >= 0.6 is 12.4 Å². The molecular formula is C16H25ClN2O3. The zero-order chi connectivity index (χ0) is 14.9. The number of nitrogens with one attached hydrogen (secondary N) is 2. The molecule has 5 nitrogen and oxygen atoms in total. The molecule has 0 saturated carbocycles. The number of anilines is 1. The molecule has 1 aliphatic rings. The predicted molar refractivity (Wildman–Crippen MR) is 89.9 cm³/mol. The monoisotopic (exact) mass is 328 g/mol. The van der Waals surface area contributed by atoms with E-state index in [-0.39, 0.29) is 18.3 Å². The van der Waals surface area contributed by atoms with E-state index in [1.165, 1.54) is 0 Å². The molecule has 0 spiro atoms. The van der Waals surface area contributed by atoms with Crippen molar-refractivity contribution in [3.05, 3.63) is 24.3 Å². The molecule has 1 aliphatic heterocycles. The third kappa shape index (κ3) is 6.64. The minimum absolute atomic E-state index is 0. The summed E-state index contributed by atoms with van der Waals surface area (Å²) in [5.41, 5.74) is 0.781. The molecule has 0 bridgehead atoms. The molecule has 0 atom stereocenters. The molecule has 1 heterocycles. The summed E-state index contributed by atoms with van der Waals surface area (Å²) >= 11 is 0. The van der Waals surface area contributed by atoms with Gasteiger partial charge in [0.1, 0.15) is 12.4 Å². The predicted octanol–water partition coefficient (Wildman–Crippen LogP) is 2.46. The summed E-state index contributed by atoms with van der Waals surface area (Å²) < 4.78 is 10.5. The Balaban J connectivity index is 0.00000242. The number of carbonyl (C=O) groups excluding carboxylic acids is 1. The van der Waals surface area contributed by atoms with E-state index in [4.69, 9.17) is 9.47 Å². The minimum Gasteiger partial charge on any atom is -0.491 e. The van der Waals surface area contributed by atoms with Crippen LogP contribution in [0.4, 0.5) is 5.69 Å². The summed E-state index contributed by atoms with van der Waals surface area (Å²) in [4.78, 5) is 12.1. The van der Waals surface area contributed by atoms with Crippen LogP contribution in [-0.2, 0) is 9.53 Å². The number of carbonyl (C=O) groups is 1. The molecule has 1 saturated heterocycles. The zero-order valence-electron chi connectivity index (χ0n) is 13.0. The highest BCUT2D eigenvalue weighted by atomic mass is 35.5. The molecule has 1 amide bonds. The van der Waals surface area contributed by atoms with Gasteiger partial charge in [-0.15, -0.1) is 12.4 Å². The van der Waals surface area contributed by atoms with Gasteiger partial charge in [0, 0.05) is 25.3 Å². The fraction of sp³-hybridized carbons (Fsp3) is 0.562. The van der Waals surface area contributed by atoms with Gasteiger partial charge in [-0.05, 0) is 44.0 Å². The Hall–Kier alpha value is -1.30. The second-order valence-electron chi connectivity index (χ2n) is 5.31. The molecule has 6 heteroatoms. The fourth-order valence-electron chi connectivity index (χ4n) is 2.47. The Morgan fingerprint density at radius 2 is 2.09 bits per heavy atom. The highest BCUT2D eigenvalue weighted by molar-refractivity contribution is 5.91. The number of piperidine rings is 1. The third-order valence-electron chi connectivity index (χ3n) is 3.61. The summed E-state index contributed by atoms with van der Waals surface area (Å²) in [5.74, 6) is 1.31. The average Bonchev–Trinajstić information content (AvgIpc) is 2.49. The molecule has 1 fully saturated rings. The van der Waals surface area contributed by atoms with Crippen LogP contribution in [0, 0.1) is 5.92 Å². The maximum Gasteiger partial charge on any atom is 0.224 e. The van der Waals surface area contributed by atoms with Crippen molar-refractivity contribution in [2.24, 2.45) is 5.92 Å². The van der Waals surface area contributed by atoms with Gasteiger partial charge in [0.25, 0.3) is 0 Å². The van der Waals surface area contributed by atoms with Crippen molar-refractivity contribution >= 4 is 24.0 Å². The lowest BCUT2D eigenvalue weighted by atomic mass is 9.94. The number of benzene rings is 1. The number of hydrogen-bond donors (Lipinski definition) is 2. The van der Waals surface area contributed by atoms with Gasteiger partial charge in [-0.2, -0.15) is 0 Å². The second-order valence-corrected chi connectivity index (χ2v) is 5.31. The number of hydrogen-bond acceptors (Lipinski definition) is 4. The van der Waals surface area contributed by atoms with Crippen LogP contribution in [0.15, 0.2) is 24.3 Å². The van der Waals surface area contributed by atoms with Crippen LogP contribution in [0.3, 0.4) is 0 Å². The van der Waals surface area contributed by atoms with Crippen molar-refractivity contribution in [2.75, 3.05) is 38.7 Å².